The van der Waals surface area contributed by atoms with E-state index in [2.05, 4.69) is 10.6 Å². The van der Waals surface area contributed by atoms with E-state index in [0.717, 1.165) is 52.0 Å². The molecule has 5 nitrogen and oxygen atoms in total. The molecule has 0 aliphatic heterocycles. The van der Waals surface area contributed by atoms with Crippen molar-refractivity contribution < 1.29 is 9.59 Å². The molecule has 31 heavy (non-hydrogen) atoms. The second-order valence-corrected chi connectivity index (χ2v) is 8.04. The Balaban J connectivity index is 1.38. The summed E-state index contributed by atoms with van der Waals surface area (Å²) in [5.41, 5.74) is 12.5. The number of benzene rings is 3. The Kier molecular flexibility index (Phi) is 6.03. The average Bonchev–Trinajstić information content (AvgIpc) is 3.16. The van der Waals surface area contributed by atoms with Crippen LogP contribution in [0.4, 0.5) is 16.2 Å². The molecule has 2 amide bonds. The van der Waals surface area contributed by atoms with Crippen LogP contribution >= 0.6 is 0 Å². The van der Waals surface area contributed by atoms with Gasteiger partial charge in [-0.3, -0.25) is 4.79 Å². The summed E-state index contributed by atoms with van der Waals surface area (Å²) in [7, 11) is 0. The molecule has 1 aliphatic carbocycles. The lowest BCUT2D eigenvalue weighted by molar-refractivity contribution is 0.0982. The minimum atomic E-state index is -0.215. The summed E-state index contributed by atoms with van der Waals surface area (Å²) in [6.45, 7) is 1.96. The number of hydrogen-bond acceptors (Lipinski definition) is 3. The van der Waals surface area contributed by atoms with Gasteiger partial charge in [0.1, 0.15) is 0 Å². The molecular weight excluding hydrogens is 386 g/mol. The third-order valence-corrected chi connectivity index (χ3v) is 5.92. The first-order valence-corrected chi connectivity index (χ1v) is 10.6. The van der Waals surface area contributed by atoms with Gasteiger partial charge in [0, 0.05) is 23.4 Å². The molecule has 0 radical (unpaired) electrons. The SMILES string of the molecule is Cc1ccccc1NC(=O)NC1CCc2cc(C(=O)CCc3ccccc3N)ccc21. The first-order valence-electron chi connectivity index (χ1n) is 10.6. The van der Waals surface area contributed by atoms with Crippen molar-refractivity contribution in [2.45, 2.75) is 38.6 Å². The van der Waals surface area contributed by atoms with E-state index in [4.69, 9.17) is 5.73 Å². The van der Waals surface area contributed by atoms with Gasteiger partial charge < -0.3 is 16.4 Å². The van der Waals surface area contributed by atoms with Crippen LogP contribution in [0.15, 0.2) is 66.7 Å². The summed E-state index contributed by atoms with van der Waals surface area (Å²) in [5, 5.41) is 5.98. The molecule has 1 atom stereocenters. The fraction of sp³-hybridized carbons (Fsp3) is 0.231. The highest BCUT2D eigenvalue weighted by Crippen LogP contribution is 2.32. The number of amides is 2. The number of nitrogens with two attached hydrogens (primary N) is 1. The van der Waals surface area contributed by atoms with Crippen molar-refractivity contribution in [3.63, 3.8) is 0 Å². The summed E-state index contributed by atoms with van der Waals surface area (Å²) in [6, 6.07) is 20.9. The number of ketones is 1. The molecule has 1 aliphatic rings. The second-order valence-electron chi connectivity index (χ2n) is 8.04. The van der Waals surface area contributed by atoms with Crippen LogP contribution in [-0.4, -0.2) is 11.8 Å². The van der Waals surface area contributed by atoms with Gasteiger partial charge in [0.2, 0.25) is 0 Å². The molecular formula is C26H27N3O2. The van der Waals surface area contributed by atoms with Gasteiger partial charge in [-0.05, 0) is 66.6 Å². The van der Waals surface area contributed by atoms with Crippen molar-refractivity contribution in [1.29, 1.82) is 0 Å². The Bertz CT molecular complexity index is 1120. The maximum atomic E-state index is 12.7. The van der Waals surface area contributed by atoms with E-state index in [1.54, 1.807) is 0 Å². The molecule has 0 aromatic heterocycles. The molecule has 0 saturated carbocycles. The van der Waals surface area contributed by atoms with Crippen LogP contribution in [0.2, 0.25) is 0 Å². The van der Waals surface area contributed by atoms with E-state index in [1.165, 1.54) is 0 Å². The van der Waals surface area contributed by atoms with Crippen molar-refractivity contribution >= 4 is 23.2 Å². The highest BCUT2D eigenvalue weighted by Gasteiger charge is 2.25. The lowest BCUT2D eigenvalue weighted by Crippen LogP contribution is -2.31. The smallest absolute Gasteiger partial charge is 0.319 e. The molecule has 0 spiro atoms. The number of aryl methyl sites for hydroxylation is 3. The first-order chi connectivity index (χ1) is 15.0. The van der Waals surface area contributed by atoms with Crippen molar-refractivity contribution in [1.82, 2.24) is 5.32 Å². The zero-order valence-electron chi connectivity index (χ0n) is 17.7. The lowest BCUT2D eigenvalue weighted by atomic mass is 9.98. The Labute approximate surface area is 182 Å². The Morgan fingerprint density at radius 1 is 1.03 bits per heavy atom. The van der Waals surface area contributed by atoms with Gasteiger partial charge in [-0.2, -0.15) is 0 Å². The van der Waals surface area contributed by atoms with Crippen LogP contribution in [0, 0.1) is 6.92 Å². The molecule has 158 valence electrons. The standard InChI is InChI=1S/C26H27N3O2/c1-17-6-2-5-9-23(17)28-26(31)29-24-14-11-19-16-20(10-13-21(19)24)25(30)15-12-18-7-3-4-8-22(18)27/h2-10,13,16,24H,11-12,14-15,27H2,1H3,(H2,28,29,31). The molecule has 4 rings (SSSR count). The van der Waals surface area contributed by atoms with Crippen LogP contribution in [-0.2, 0) is 12.8 Å². The molecule has 0 fully saturated rings. The summed E-state index contributed by atoms with van der Waals surface area (Å²) in [6.07, 6.45) is 2.73. The maximum absolute atomic E-state index is 12.7. The zero-order chi connectivity index (χ0) is 21.8. The quantitative estimate of drug-likeness (QED) is 0.383. The van der Waals surface area contributed by atoms with E-state index in [9.17, 15) is 9.59 Å². The highest BCUT2D eigenvalue weighted by atomic mass is 16.2. The third-order valence-electron chi connectivity index (χ3n) is 5.92. The molecule has 5 heteroatoms. The van der Waals surface area contributed by atoms with Crippen molar-refractivity contribution in [3.05, 3.63) is 94.5 Å². The molecule has 0 saturated heterocycles. The number of fused-ring (bicyclic) bond motifs is 1. The molecule has 3 aromatic carbocycles. The van der Waals surface area contributed by atoms with Gasteiger partial charge in [0.05, 0.1) is 6.04 Å². The third kappa shape index (κ3) is 4.77. The maximum Gasteiger partial charge on any atom is 0.319 e. The molecule has 1 unspecified atom stereocenters. The minimum Gasteiger partial charge on any atom is -0.399 e. The number of rotatable bonds is 6. The van der Waals surface area contributed by atoms with E-state index in [1.807, 2.05) is 73.7 Å². The Morgan fingerprint density at radius 3 is 2.61 bits per heavy atom. The summed E-state index contributed by atoms with van der Waals surface area (Å²) >= 11 is 0. The van der Waals surface area contributed by atoms with Gasteiger partial charge in [-0.15, -0.1) is 0 Å². The van der Waals surface area contributed by atoms with Crippen LogP contribution in [0.1, 0.15) is 51.5 Å². The summed E-state index contributed by atoms with van der Waals surface area (Å²) < 4.78 is 0. The normalized spacial score (nSPS) is 14.7. The number of para-hydroxylation sites is 2. The molecule has 3 aromatic rings. The average molecular weight is 414 g/mol. The number of carbonyl (C=O) groups is 2. The van der Waals surface area contributed by atoms with E-state index in [-0.39, 0.29) is 17.9 Å². The van der Waals surface area contributed by atoms with Gasteiger partial charge in [0.25, 0.3) is 0 Å². The summed E-state index contributed by atoms with van der Waals surface area (Å²) in [4.78, 5) is 25.2. The van der Waals surface area contributed by atoms with Crippen molar-refractivity contribution in [3.8, 4) is 0 Å². The molecule has 0 heterocycles. The summed E-state index contributed by atoms with van der Waals surface area (Å²) in [5.74, 6) is 0.111. The number of urea groups is 1. The number of anilines is 2. The Morgan fingerprint density at radius 2 is 1.81 bits per heavy atom. The fourth-order valence-corrected chi connectivity index (χ4v) is 4.13. The van der Waals surface area contributed by atoms with Crippen LogP contribution < -0.4 is 16.4 Å². The monoisotopic (exact) mass is 413 g/mol. The number of nitrogen functional groups attached to an aromatic ring is 1. The van der Waals surface area contributed by atoms with E-state index >= 15 is 0 Å². The zero-order valence-corrected chi connectivity index (χ0v) is 17.7. The number of carbonyl (C=O) groups excluding carboxylic acids is 2. The van der Waals surface area contributed by atoms with Crippen LogP contribution in [0.3, 0.4) is 0 Å². The van der Waals surface area contributed by atoms with Gasteiger partial charge >= 0.3 is 6.03 Å². The van der Waals surface area contributed by atoms with E-state index < -0.39 is 0 Å². The fourth-order valence-electron chi connectivity index (χ4n) is 4.13. The highest BCUT2D eigenvalue weighted by molar-refractivity contribution is 5.96. The number of nitrogens with one attached hydrogen (secondary N) is 2. The van der Waals surface area contributed by atoms with Crippen LogP contribution in [0.25, 0.3) is 0 Å². The lowest BCUT2D eigenvalue weighted by Gasteiger charge is -2.16. The predicted molar refractivity (Wildman–Crippen MR) is 124 cm³/mol. The van der Waals surface area contributed by atoms with Crippen molar-refractivity contribution in [2.75, 3.05) is 11.1 Å². The first kappa shape index (κ1) is 20.7. The van der Waals surface area contributed by atoms with Crippen molar-refractivity contribution in [2.24, 2.45) is 0 Å². The predicted octanol–water partition coefficient (Wildman–Crippen LogP) is 5.20. The topological polar surface area (TPSA) is 84.2 Å². The number of Topliss-reactive ketones (excluding diaryl/α,β-unsaturated/α-hetero) is 1. The number of hydrogen-bond donors (Lipinski definition) is 3. The van der Waals surface area contributed by atoms with E-state index in [0.29, 0.717) is 12.8 Å². The van der Waals surface area contributed by atoms with Gasteiger partial charge in [0.15, 0.2) is 5.78 Å². The largest absolute Gasteiger partial charge is 0.399 e. The van der Waals surface area contributed by atoms with Crippen LogP contribution in [0.5, 0.6) is 0 Å². The Hall–Kier alpha value is -3.60. The second kappa shape index (κ2) is 9.04. The molecule has 4 N–H and O–H groups in total. The molecule has 0 bridgehead atoms. The van der Waals surface area contributed by atoms with Gasteiger partial charge in [-0.1, -0.05) is 48.5 Å². The van der Waals surface area contributed by atoms with Gasteiger partial charge in [-0.25, -0.2) is 4.79 Å². The minimum absolute atomic E-state index is 0.0488.